The molecule has 0 aliphatic carbocycles. The number of pyridine rings is 1. The summed E-state index contributed by atoms with van der Waals surface area (Å²) in [6, 6.07) is 3.89. The highest BCUT2D eigenvalue weighted by atomic mass is 35.5. The van der Waals surface area contributed by atoms with Gasteiger partial charge >= 0.3 is 0 Å². The zero-order valence-corrected chi connectivity index (χ0v) is 11.6. The predicted octanol–water partition coefficient (Wildman–Crippen LogP) is 3.00. The van der Waals surface area contributed by atoms with Gasteiger partial charge in [-0.25, -0.2) is 4.98 Å². The summed E-state index contributed by atoms with van der Waals surface area (Å²) in [6.45, 7) is 7.73. The first-order chi connectivity index (χ1) is 8.65. The van der Waals surface area contributed by atoms with Crippen LogP contribution in [0.3, 0.4) is 0 Å². The number of halogens is 1. The summed E-state index contributed by atoms with van der Waals surface area (Å²) < 4.78 is 2.14. The molecule has 3 nitrogen and oxygen atoms in total. The van der Waals surface area contributed by atoms with Crippen LogP contribution >= 0.6 is 11.6 Å². The minimum absolute atomic E-state index is 0.701. The van der Waals surface area contributed by atoms with Crippen molar-refractivity contribution in [1.82, 2.24) is 14.3 Å². The number of imidazole rings is 1. The molecule has 0 radical (unpaired) electrons. The van der Waals surface area contributed by atoms with Crippen molar-refractivity contribution in [1.29, 1.82) is 0 Å². The number of nitrogens with zero attached hydrogens (tertiary/aromatic N) is 3. The summed E-state index contributed by atoms with van der Waals surface area (Å²) in [7, 11) is 0. The Balaban J connectivity index is 1.97. The van der Waals surface area contributed by atoms with Gasteiger partial charge in [0.1, 0.15) is 0 Å². The molecule has 2 aromatic rings. The Hall–Kier alpha value is -1.06. The highest BCUT2D eigenvalue weighted by molar-refractivity contribution is 6.33. The maximum absolute atomic E-state index is 6.20. The van der Waals surface area contributed by atoms with Gasteiger partial charge in [-0.2, -0.15) is 0 Å². The van der Waals surface area contributed by atoms with Crippen molar-refractivity contribution >= 4 is 17.2 Å². The predicted molar refractivity (Wildman–Crippen MR) is 74.0 cm³/mol. The lowest BCUT2D eigenvalue weighted by Crippen LogP contribution is -2.33. The summed E-state index contributed by atoms with van der Waals surface area (Å²) in [4.78, 5) is 7.18. The van der Waals surface area contributed by atoms with Gasteiger partial charge in [-0.3, -0.25) is 4.90 Å². The Bertz CT molecular complexity index is 574. The molecule has 0 N–H and O–H groups in total. The second-order valence-electron chi connectivity index (χ2n) is 5.43. The van der Waals surface area contributed by atoms with Crippen LogP contribution in [0.1, 0.15) is 25.2 Å². The van der Waals surface area contributed by atoms with Gasteiger partial charge in [0.15, 0.2) is 5.65 Å². The van der Waals surface area contributed by atoms with Crippen LogP contribution in [0, 0.1) is 5.92 Å². The Kier molecular flexibility index (Phi) is 3.04. The van der Waals surface area contributed by atoms with Crippen molar-refractivity contribution in [2.75, 3.05) is 13.1 Å². The molecule has 4 heteroatoms. The molecule has 3 rings (SSSR count). The molecule has 3 heterocycles. The van der Waals surface area contributed by atoms with E-state index in [0.29, 0.717) is 5.92 Å². The van der Waals surface area contributed by atoms with E-state index >= 15 is 0 Å². The molecule has 1 aliphatic rings. The van der Waals surface area contributed by atoms with Crippen molar-refractivity contribution in [3.63, 3.8) is 0 Å². The molecule has 96 valence electrons. The molecular weight excluding hydrogens is 246 g/mol. The van der Waals surface area contributed by atoms with Crippen LogP contribution in [0.5, 0.6) is 0 Å². The largest absolute Gasteiger partial charge is 0.302 e. The van der Waals surface area contributed by atoms with Crippen LogP contribution in [0.2, 0.25) is 5.02 Å². The van der Waals surface area contributed by atoms with E-state index in [-0.39, 0.29) is 0 Å². The van der Waals surface area contributed by atoms with Crippen molar-refractivity contribution in [2.24, 2.45) is 5.92 Å². The van der Waals surface area contributed by atoms with E-state index in [1.807, 2.05) is 12.1 Å². The Morgan fingerprint density at radius 3 is 3.06 bits per heavy atom. The molecule has 0 fully saturated rings. The lowest BCUT2D eigenvalue weighted by molar-refractivity contribution is 0.222. The van der Waals surface area contributed by atoms with E-state index in [0.717, 1.165) is 36.7 Å². The molecule has 0 amide bonds. The van der Waals surface area contributed by atoms with Gasteiger partial charge in [-0.15, -0.1) is 0 Å². The molecule has 0 atom stereocenters. The third-order valence-corrected chi connectivity index (χ3v) is 3.74. The van der Waals surface area contributed by atoms with Crippen molar-refractivity contribution < 1.29 is 0 Å². The first-order valence-electron chi connectivity index (χ1n) is 6.52. The third-order valence-electron chi connectivity index (χ3n) is 3.45. The Morgan fingerprint density at radius 2 is 2.28 bits per heavy atom. The number of hydrogen-bond donors (Lipinski definition) is 0. The summed E-state index contributed by atoms with van der Waals surface area (Å²) in [5.41, 5.74) is 3.41. The monoisotopic (exact) mass is 263 g/mol. The fraction of sp³-hybridized carbons (Fsp3) is 0.500. The topological polar surface area (TPSA) is 20.5 Å². The van der Waals surface area contributed by atoms with Crippen LogP contribution in [0.15, 0.2) is 18.3 Å². The van der Waals surface area contributed by atoms with Gasteiger partial charge in [0.05, 0.1) is 10.7 Å². The molecule has 0 saturated carbocycles. The normalized spacial score (nSPS) is 16.4. The zero-order chi connectivity index (χ0) is 12.7. The van der Waals surface area contributed by atoms with Crippen molar-refractivity contribution in [2.45, 2.75) is 26.8 Å². The molecule has 18 heavy (non-hydrogen) atoms. The van der Waals surface area contributed by atoms with Crippen LogP contribution in [-0.2, 0) is 13.0 Å². The molecule has 0 saturated heterocycles. The van der Waals surface area contributed by atoms with Crippen molar-refractivity contribution in [3.05, 3.63) is 34.7 Å². The lowest BCUT2D eigenvalue weighted by Gasteiger charge is -2.27. The first kappa shape index (κ1) is 12.0. The Morgan fingerprint density at radius 1 is 1.44 bits per heavy atom. The van der Waals surface area contributed by atoms with E-state index in [1.54, 1.807) is 0 Å². The number of aromatic nitrogens is 2. The van der Waals surface area contributed by atoms with E-state index in [1.165, 1.54) is 11.4 Å². The maximum atomic E-state index is 6.20. The second-order valence-corrected chi connectivity index (χ2v) is 5.84. The van der Waals surface area contributed by atoms with E-state index < -0.39 is 0 Å². The highest BCUT2D eigenvalue weighted by Gasteiger charge is 2.22. The first-order valence-corrected chi connectivity index (χ1v) is 6.89. The second kappa shape index (κ2) is 4.56. The number of rotatable bonds is 2. The van der Waals surface area contributed by atoms with Gasteiger partial charge in [0, 0.05) is 37.9 Å². The SMILES string of the molecule is CC(C)CN1CCc2c(nc3c(Cl)cccn23)C1. The smallest absolute Gasteiger partial charge is 0.156 e. The fourth-order valence-electron chi connectivity index (χ4n) is 2.75. The van der Waals surface area contributed by atoms with Gasteiger partial charge in [-0.05, 0) is 18.1 Å². The molecular formula is C14H18ClN3. The average Bonchev–Trinajstić information content (AvgIpc) is 2.67. The van der Waals surface area contributed by atoms with Crippen molar-refractivity contribution in [3.8, 4) is 0 Å². The highest BCUT2D eigenvalue weighted by Crippen LogP contribution is 2.24. The Labute approximate surface area is 112 Å². The minimum atomic E-state index is 0.701. The van der Waals surface area contributed by atoms with Gasteiger partial charge in [0.25, 0.3) is 0 Å². The lowest BCUT2D eigenvalue weighted by atomic mass is 10.1. The van der Waals surface area contributed by atoms with Gasteiger partial charge in [-0.1, -0.05) is 25.4 Å². The van der Waals surface area contributed by atoms with E-state index in [2.05, 4.69) is 29.3 Å². The van der Waals surface area contributed by atoms with Crippen LogP contribution in [0.25, 0.3) is 5.65 Å². The van der Waals surface area contributed by atoms with E-state index in [4.69, 9.17) is 16.6 Å². The fourth-order valence-corrected chi connectivity index (χ4v) is 2.95. The number of hydrogen-bond acceptors (Lipinski definition) is 2. The zero-order valence-electron chi connectivity index (χ0n) is 10.9. The summed E-state index contributed by atoms with van der Waals surface area (Å²) in [5.74, 6) is 0.701. The summed E-state index contributed by atoms with van der Waals surface area (Å²) >= 11 is 6.20. The standard InChI is InChI=1S/C14H18ClN3/c1-10(2)8-17-7-5-13-12(9-17)16-14-11(15)4-3-6-18(13)14/h3-4,6,10H,5,7-9H2,1-2H3. The molecule has 0 bridgehead atoms. The maximum Gasteiger partial charge on any atom is 0.156 e. The van der Waals surface area contributed by atoms with Gasteiger partial charge < -0.3 is 4.40 Å². The van der Waals surface area contributed by atoms with Crippen LogP contribution < -0.4 is 0 Å². The molecule has 0 spiro atoms. The minimum Gasteiger partial charge on any atom is -0.302 e. The van der Waals surface area contributed by atoms with Gasteiger partial charge in [0.2, 0.25) is 0 Å². The quantitative estimate of drug-likeness (QED) is 0.830. The van der Waals surface area contributed by atoms with E-state index in [9.17, 15) is 0 Å². The van der Waals surface area contributed by atoms with Crippen LogP contribution in [0.4, 0.5) is 0 Å². The number of fused-ring (bicyclic) bond motifs is 3. The molecule has 0 aromatic carbocycles. The molecule has 1 aliphatic heterocycles. The summed E-state index contributed by atoms with van der Waals surface area (Å²) in [6.07, 6.45) is 3.12. The molecule has 0 unspecified atom stereocenters. The summed E-state index contributed by atoms with van der Waals surface area (Å²) in [5, 5.41) is 0.738. The molecule has 2 aromatic heterocycles. The average molecular weight is 264 g/mol. The van der Waals surface area contributed by atoms with Crippen LogP contribution in [-0.4, -0.2) is 27.4 Å². The third kappa shape index (κ3) is 2.02.